The van der Waals surface area contributed by atoms with Crippen LogP contribution in [-0.4, -0.2) is 29.3 Å². The maximum atomic E-state index is 11.4. The number of hydrogen-bond donors (Lipinski definition) is 1. The van der Waals surface area contributed by atoms with E-state index in [2.05, 4.69) is 25.8 Å². The molecular weight excluding hydrogens is 387 g/mol. The number of primary amides is 1. The summed E-state index contributed by atoms with van der Waals surface area (Å²) < 4.78 is 5.70. The second kappa shape index (κ2) is 9.82. The monoisotopic (exact) mass is 418 g/mol. The molecule has 0 fully saturated rings. The number of thiazole rings is 1. The Morgan fingerprint density at radius 3 is 1.90 bits per heavy atom. The number of carbonyl (C=O) groups excluding carboxylic acids is 1. The first-order chi connectivity index (χ1) is 10.1. The minimum absolute atomic E-state index is 0.368. The van der Waals surface area contributed by atoms with Crippen LogP contribution in [0.15, 0.2) is 6.20 Å². The molecule has 0 bridgehead atoms. The van der Waals surface area contributed by atoms with Gasteiger partial charge in [-0.3, -0.25) is 0 Å². The molecule has 21 heavy (non-hydrogen) atoms. The Morgan fingerprint density at radius 2 is 1.57 bits per heavy atom. The van der Waals surface area contributed by atoms with E-state index in [0.29, 0.717) is 5.01 Å². The fourth-order valence-corrected chi connectivity index (χ4v) is 22.4. The van der Waals surface area contributed by atoms with E-state index in [1.165, 1.54) is 54.7 Å². The molecule has 0 aromatic carbocycles. The van der Waals surface area contributed by atoms with Crippen LogP contribution < -0.4 is 8.63 Å². The van der Waals surface area contributed by atoms with Gasteiger partial charge in [0.05, 0.1) is 0 Å². The van der Waals surface area contributed by atoms with Gasteiger partial charge in [0, 0.05) is 0 Å². The molecule has 0 aliphatic heterocycles. The zero-order valence-electron chi connectivity index (χ0n) is 13.8. The third kappa shape index (κ3) is 5.55. The molecule has 1 heterocycles. The number of carbonyl (C=O) groups is 1. The van der Waals surface area contributed by atoms with E-state index in [1.807, 2.05) is 6.20 Å². The third-order valence-electron chi connectivity index (χ3n) is 4.27. The van der Waals surface area contributed by atoms with Crippen LogP contribution in [0.4, 0.5) is 0 Å². The molecule has 0 saturated carbocycles. The summed E-state index contributed by atoms with van der Waals surface area (Å²) in [6.45, 7) is 6.83. The van der Waals surface area contributed by atoms with Crippen LogP contribution in [0.5, 0.6) is 0 Å². The Balaban J connectivity index is 3.06. The number of nitrogens with zero attached hydrogens (tertiary/aromatic N) is 1. The first kappa shape index (κ1) is 18.9. The number of hydrogen-bond acceptors (Lipinski definition) is 3. The molecule has 2 N–H and O–H groups in total. The number of aromatic nitrogens is 1. The van der Waals surface area contributed by atoms with E-state index >= 15 is 0 Å². The molecule has 0 spiro atoms. The van der Waals surface area contributed by atoms with Crippen molar-refractivity contribution in [2.24, 2.45) is 5.73 Å². The number of unbranched alkanes of at least 4 members (excludes halogenated alkanes) is 3. The van der Waals surface area contributed by atoms with E-state index in [1.54, 1.807) is 11.3 Å². The minimum atomic E-state index is -2.39. The van der Waals surface area contributed by atoms with Crippen molar-refractivity contribution in [3.8, 4) is 0 Å². The second-order valence-electron chi connectivity index (χ2n) is 5.98. The second-order valence-corrected chi connectivity index (χ2v) is 21.2. The van der Waals surface area contributed by atoms with Crippen molar-refractivity contribution in [3.05, 3.63) is 11.2 Å². The van der Waals surface area contributed by atoms with E-state index in [-0.39, 0.29) is 5.91 Å². The summed E-state index contributed by atoms with van der Waals surface area (Å²) in [6.07, 6.45) is 9.77. The number of rotatable bonds is 11. The van der Waals surface area contributed by atoms with Crippen LogP contribution in [0, 0.1) is 0 Å². The summed E-state index contributed by atoms with van der Waals surface area (Å²) in [5.74, 6) is -0.368. The SMILES string of the molecule is CCC[CH2][Sn]([CH2]CCC)([CH2]CCC)[c]1cnc(C(N)=O)s1. The summed E-state index contributed by atoms with van der Waals surface area (Å²) >= 11 is -0.782. The van der Waals surface area contributed by atoms with Crippen LogP contribution in [0.1, 0.15) is 69.1 Å². The summed E-state index contributed by atoms with van der Waals surface area (Å²) in [7, 11) is 0. The molecule has 0 unspecified atom stereocenters. The number of nitrogens with two attached hydrogens (primary N) is 1. The third-order valence-corrected chi connectivity index (χ3v) is 23.4. The first-order valence-corrected chi connectivity index (χ1v) is 16.7. The summed E-state index contributed by atoms with van der Waals surface area (Å²) in [5, 5.41) is 0.510. The van der Waals surface area contributed by atoms with Crippen molar-refractivity contribution in [2.75, 3.05) is 0 Å². The van der Waals surface area contributed by atoms with E-state index in [4.69, 9.17) is 5.73 Å². The van der Waals surface area contributed by atoms with Gasteiger partial charge < -0.3 is 0 Å². The quantitative estimate of drug-likeness (QED) is 0.546. The normalized spacial score (nSPS) is 11.8. The standard InChI is InChI=1S/C4H3N2OS.3C4H9.Sn/c5-3(7)4-6-1-2-8-4;3*1-3-4-2;/h1H,(H2,5,7);3*1,3-4H2,2H3;. The molecule has 1 amide bonds. The fourth-order valence-electron chi connectivity index (χ4n) is 2.92. The first-order valence-electron chi connectivity index (χ1n) is 8.35. The maximum absolute atomic E-state index is 11.4. The Morgan fingerprint density at radius 1 is 1.10 bits per heavy atom. The molecule has 120 valence electrons. The summed E-state index contributed by atoms with van der Waals surface area (Å²) in [4.78, 5) is 15.7. The van der Waals surface area contributed by atoms with Gasteiger partial charge in [-0.05, 0) is 0 Å². The van der Waals surface area contributed by atoms with Gasteiger partial charge >= 0.3 is 138 Å². The average molecular weight is 417 g/mol. The van der Waals surface area contributed by atoms with Crippen LogP contribution >= 0.6 is 11.3 Å². The van der Waals surface area contributed by atoms with Crippen LogP contribution in [-0.2, 0) is 0 Å². The van der Waals surface area contributed by atoms with Crippen molar-refractivity contribution in [1.29, 1.82) is 0 Å². The molecular formula is C16H30N2OSSn. The Hall–Kier alpha value is -0.101. The topological polar surface area (TPSA) is 56.0 Å². The summed E-state index contributed by atoms with van der Waals surface area (Å²) in [5.41, 5.74) is 5.40. The van der Waals surface area contributed by atoms with Crippen LogP contribution in [0.3, 0.4) is 0 Å². The van der Waals surface area contributed by atoms with Crippen molar-refractivity contribution >= 4 is 38.5 Å². The molecule has 5 heteroatoms. The van der Waals surface area contributed by atoms with Gasteiger partial charge in [0.15, 0.2) is 0 Å². The van der Waals surface area contributed by atoms with Gasteiger partial charge in [0.1, 0.15) is 0 Å². The average Bonchev–Trinajstić information content (AvgIpc) is 2.97. The van der Waals surface area contributed by atoms with Crippen LogP contribution in [0.2, 0.25) is 13.3 Å². The van der Waals surface area contributed by atoms with E-state index in [9.17, 15) is 4.79 Å². The van der Waals surface area contributed by atoms with Crippen molar-refractivity contribution in [1.82, 2.24) is 4.98 Å². The zero-order valence-corrected chi connectivity index (χ0v) is 17.5. The Kier molecular flexibility index (Phi) is 8.86. The molecule has 3 nitrogen and oxygen atoms in total. The summed E-state index contributed by atoms with van der Waals surface area (Å²) in [6, 6.07) is 0. The molecule has 0 atom stereocenters. The van der Waals surface area contributed by atoms with Gasteiger partial charge in [-0.2, -0.15) is 0 Å². The number of amides is 1. The molecule has 0 saturated heterocycles. The molecule has 0 aliphatic carbocycles. The molecule has 1 aromatic rings. The van der Waals surface area contributed by atoms with E-state index in [0.717, 1.165) is 0 Å². The van der Waals surface area contributed by atoms with Gasteiger partial charge in [-0.25, -0.2) is 0 Å². The predicted octanol–water partition coefficient (Wildman–Crippen LogP) is 4.30. The molecule has 1 aromatic heterocycles. The Labute approximate surface area is 137 Å². The van der Waals surface area contributed by atoms with Gasteiger partial charge in [-0.15, -0.1) is 0 Å². The van der Waals surface area contributed by atoms with Crippen molar-refractivity contribution < 1.29 is 4.79 Å². The molecule has 0 radical (unpaired) electrons. The van der Waals surface area contributed by atoms with Gasteiger partial charge in [0.25, 0.3) is 0 Å². The zero-order chi connectivity index (χ0) is 15.7. The molecule has 1 rings (SSSR count). The van der Waals surface area contributed by atoms with Crippen molar-refractivity contribution in [2.45, 2.75) is 72.6 Å². The van der Waals surface area contributed by atoms with Crippen molar-refractivity contribution in [3.63, 3.8) is 0 Å². The van der Waals surface area contributed by atoms with Gasteiger partial charge in [-0.1, -0.05) is 0 Å². The predicted molar refractivity (Wildman–Crippen MR) is 95.2 cm³/mol. The fraction of sp³-hybridized carbons (Fsp3) is 0.750. The van der Waals surface area contributed by atoms with E-state index < -0.39 is 18.4 Å². The van der Waals surface area contributed by atoms with Gasteiger partial charge in [0.2, 0.25) is 0 Å². The Bertz CT molecular complexity index is 412. The van der Waals surface area contributed by atoms with Crippen LogP contribution in [0.25, 0.3) is 0 Å². The molecule has 0 aliphatic rings.